The molecule has 112 valence electrons. The van der Waals surface area contributed by atoms with Gasteiger partial charge in [0, 0.05) is 24.6 Å². The van der Waals surface area contributed by atoms with E-state index in [1.165, 1.54) is 0 Å². The summed E-state index contributed by atoms with van der Waals surface area (Å²) >= 11 is 5.93. The van der Waals surface area contributed by atoms with Crippen molar-refractivity contribution in [2.75, 3.05) is 26.9 Å². The summed E-state index contributed by atoms with van der Waals surface area (Å²) in [4.78, 5) is 11.7. The Morgan fingerprint density at radius 3 is 2.85 bits per heavy atom. The van der Waals surface area contributed by atoms with Gasteiger partial charge in [0.2, 0.25) is 5.91 Å². The first-order chi connectivity index (χ1) is 9.61. The molecule has 0 bridgehead atoms. The van der Waals surface area contributed by atoms with E-state index in [0.717, 1.165) is 12.0 Å². The monoisotopic (exact) mass is 299 g/mol. The van der Waals surface area contributed by atoms with Gasteiger partial charge < -0.3 is 14.8 Å². The number of carbonyl (C=O) groups is 1. The molecule has 0 aliphatic carbocycles. The minimum atomic E-state index is -0.00283. The van der Waals surface area contributed by atoms with Crippen LogP contribution in [0, 0.1) is 0 Å². The molecule has 0 radical (unpaired) electrons. The van der Waals surface area contributed by atoms with Crippen molar-refractivity contribution in [2.45, 2.75) is 25.8 Å². The quantitative estimate of drug-likeness (QED) is 0.713. The Morgan fingerprint density at radius 1 is 1.35 bits per heavy atom. The predicted molar refractivity (Wildman–Crippen MR) is 80.1 cm³/mol. The van der Waals surface area contributed by atoms with Crippen molar-refractivity contribution in [1.29, 1.82) is 0 Å². The fraction of sp³-hybridized carbons (Fsp3) is 0.533. The molecule has 0 saturated carbocycles. The number of rotatable bonds is 9. The second kappa shape index (κ2) is 9.75. The van der Waals surface area contributed by atoms with Crippen LogP contribution in [-0.2, 0) is 20.7 Å². The smallest absolute Gasteiger partial charge is 0.222 e. The van der Waals surface area contributed by atoms with Gasteiger partial charge in [0.1, 0.15) is 0 Å². The lowest BCUT2D eigenvalue weighted by atomic mass is 10.1. The summed E-state index contributed by atoms with van der Waals surface area (Å²) in [5.74, 6) is -0.00283. The Morgan fingerprint density at radius 2 is 2.15 bits per heavy atom. The van der Waals surface area contributed by atoms with Gasteiger partial charge in [-0.05, 0) is 31.0 Å². The number of hydrogen-bond acceptors (Lipinski definition) is 3. The van der Waals surface area contributed by atoms with Crippen molar-refractivity contribution in [1.82, 2.24) is 5.32 Å². The maximum absolute atomic E-state index is 11.7. The molecule has 1 unspecified atom stereocenters. The molecule has 0 heterocycles. The molecule has 20 heavy (non-hydrogen) atoms. The van der Waals surface area contributed by atoms with Gasteiger partial charge in [-0.25, -0.2) is 0 Å². The number of nitrogens with one attached hydrogen (secondary N) is 1. The lowest BCUT2D eigenvalue weighted by Crippen LogP contribution is -2.34. The first-order valence-corrected chi connectivity index (χ1v) is 7.10. The van der Waals surface area contributed by atoms with Crippen molar-refractivity contribution in [3.8, 4) is 0 Å². The summed E-state index contributed by atoms with van der Waals surface area (Å²) in [6.45, 7) is 3.46. The number of hydrogen-bond donors (Lipinski definition) is 1. The molecule has 0 saturated heterocycles. The van der Waals surface area contributed by atoms with Crippen LogP contribution in [0.2, 0.25) is 5.02 Å². The topological polar surface area (TPSA) is 47.6 Å². The van der Waals surface area contributed by atoms with E-state index in [1.807, 2.05) is 31.2 Å². The summed E-state index contributed by atoms with van der Waals surface area (Å²) in [6.07, 6.45) is 1.13. The molecule has 4 nitrogen and oxygen atoms in total. The van der Waals surface area contributed by atoms with E-state index in [1.54, 1.807) is 7.11 Å². The Kier molecular flexibility index (Phi) is 8.26. The molecule has 1 aromatic carbocycles. The first kappa shape index (κ1) is 17.0. The van der Waals surface area contributed by atoms with Crippen LogP contribution in [0.4, 0.5) is 0 Å². The van der Waals surface area contributed by atoms with Crippen LogP contribution < -0.4 is 5.32 Å². The Labute approximate surface area is 125 Å². The number of benzene rings is 1. The Balaban J connectivity index is 2.21. The average molecular weight is 300 g/mol. The molecule has 1 N–H and O–H groups in total. The minimum absolute atomic E-state index is 0.00283. The van der Waals surface area contributed by atoms with E-state index in [4.69, 9.17) is 21.1 Å². The number of amides is 1. The molecule has 1 atom stereocenters. The van der Waals surface area contributed by atoms with Gasteiger partial charge in [-0.15, -0.1) is 0 Å². The second-order valence-corrected chi connectivity index (χ2v) is 5.09. The van der Waals surface area contributed by atoms with Crippen molar-refractivity contribution in [3.63, 3.8) is 0 Å². The molecule has 1 aromatic rings. The molecule has 5 heteroatoms. The van der Waals surface area contributed by atoms with Gasteiger partial charge in [0.25, 0.3) is 0 Å². The molecule has 1 rings (SSSR count). The van der Waals surface area contributed by atoms with E-state index >= 15 is 0 Å². The third-order valence-corrected chi connectivity index (χ3v) is 2.98. The van der Waals surface area contributed by atoms with E-state index in [0.29, 0.717) is 31.3 Å². The van der Waals surface area contributed by atoms with Gasteiger partial charge in [-0.3, -0.25) is 4.79 Å². The van der Waals surface area contributed by atoms with Crippen LogP contribution in [-0.4, -0.2) is 38.9 Å². The minimum Gasteiger partial charge on any atom is -0.382 e. The number of methoxy groups -OCH3 is 1. The normalized spacial score (nSPS) is 12.2. The molecular formula is C15H22ClNO3. The highest BCUT2D eigenvalue weighted by Gasteiger charge is 2.08. The fourth-order valence-electron chi connectivity index (χ4n) is 1.82. The predicted octanol–water partition coefficient (Wildman–Crippen LogP) is 2.44. The lowest BCUT2D eigenvalue weighted by molar-refractivity contribution is -0.122. The molecule has 0 aromatic heterocycles. The maximum Gasteiger partial charge on any atom is 0.222 e. The molecule has 0 aliphatic heterocycles. The number of halogens is 1. The summed E-state index contributed by atoms with van der Waals surface area (Å²) < 4.78 is 10.1. The largest absolute Gasteiger partial charge is 0.382 e. The van der Waals surface area contributed by atoms with Crippen molar-refractivity contribution in [2.24, 2.45) is 0 Å². The van der Waals surface area contributed by atoms with Gasteiger partial charge in [0.15, 0.2) is 0 Å². The zero-order valence-corrected chi connectivity index (χ0v) is 12.8. The molecule has 0 fully saturated rings. The SMILES string of the molecule is COCCOCCC(=O)NC(C)Cc1cccc(Cl)c1. The summed E-state index contributed by atoms with van der Waals surface area (Å²) in [5, 5.41) is 3.66. The first-order valence-electron chi connectivity index (χ1n) is 6.72. The van der Waals surface area contributed by atoms with Crippen LogP contribution in [0.25, 0.3) is 0 Å². The average Bonchev–Trinajstić information content (AvgIpc) is 2.38. The third kappa shape index (κ3) is 7.48. The van der Waals surface area contributed by atoms with Crippen LogP contribution >= 0.6 is 11.6 Å². The van der Waals surface area contributed by atoms with Gasteiger partial charge in [-0.1, -0.05) is 23.7 Å². The molecule has 0 spiro atoms. The van der Waals surface area contributed by atoms with E-state index in [9.17, 15) is 4.79 Å². The third-order valence-electron chi connectivity index (χ3n) is 2.74. The standard InChI is InChI=1S/C15H22ClNO3/c1-12(10-13-4-3-5-14(16)11-13)17-15(18)6-7-20-9-8-19-2/h3-5,11-12H,6-10H2,1-2H3,(H,17,18). The highest BCUT2D eigenvalue weighted by molar-refractivity contribution is 6.30. The summed E-state index contributed by atoms with van der Waals surface area (Å²) in [5.41, 5.74) is 1.11. The summed E-state index contributed by atoms with van der Waals surface area (Å²) in [7, 11) is 1.62. The zero-order chi connectivity index (χ0) is 14.8. The van der Waals surface area contributed by atoms with Crippen molar-refractivity contribution < 1.29 is 14.3 Å². The lowest BCUT2D eigenvalue weighted by Gasteiger charge is -2.14. The molecule has 1 amide bonds. The van der Waals surface area contributed by atoms with E-state index in [2.05, 4.69) is 5.32 Å². The Hall–Kier alpha value is -1.10. The Bertz CT molecular complexity index is 412. The van der Waals surface area contributed by atoms with Crippen LogP contribution in [0.5, 0.6) is 0 Å². The summed E-state index contributed by atoms with van der Waals surface area (Å²) in [6, 6.07) is 7.74. The highest BCUT2D eigenvalue weighted by atomic mass is 35.5. The van der Waals surface area contributed by atoms with Crippen molar-refractivity contribution in [3.05, 3.63) is 34.9 Å². The van der Waals surface area contributed by atoms with Gasteiger partial charge in [0.05, 0.1) is 19.8 Å². The second-order valence-electron chi connectivity index (χ2n) is 4.66. The van der Waals surface area contributed by atoms with E-state index < -0.39 is 0 Å². The zero-order valence-electron chi connectivity index (χ0n) is 12.0. The maximum atomic E-state index is 11.7. The van der Waals surface area contributed by atoms with Crippen LogP contribution in [0.3, 0.4) is 0 Å². The molecular weight excluding hydrogens is 278 g/mol. The van der Waals surface area contributed by atoms with E-state index in [-0.39, 0.29) is 11.9 Å². The van der Waals surface area contributed by atoms with Crippen LogP contribution in [0.1, 0.15) is 18.9 Å². The number of carbonyl (C=O) groups excluding carboxylic acids is 1. The number of ether oxygens (including phenoxy) is 2. The van der Waals surface area contributed by atoms with Gasteiger partial charge in [-0.2, -0.15) is 0 Å². The van der Waals surface area contributed by atoms with Crippen molar-refractivity contribution >= 4 is 17.5 Å². The van der Waals surface area contributed by atoms with Gasteiger partial charge >= 0.3 is 0 Å². The van der Waals surface area contributed by atoms with Crippen LogP contribution in [0.15, 0.2) is 24.3 Å². The molecule has 0 aliphatic rings. The fourth-order valence-corrected chi connectivity index (χ4v) is 2.04. The highest BCUT2D eigenvalue weighted by Crippen LogP contribution is 2.12.